The standard InChI is InChI=1S/C23H24N4O3/c1-14-7-8-20-19(9-14)25-23(29)21(30-20)12-22(28)24-18-6-4-5-17(11-18)13-27-16(3)10-15(2)26-27/h4-11,21H,12-13H2,1-3H3,(H,24,28)(H,25,29). The van der Waals surface area contributed by atoms with Crippen LogP contribution in [-0.4, -0.2) is 27.7 Å². The minimum Gasteiger partial charge on any atom is -0.478 e. The van der Waals surface area contributed by atoms with Crippen LogP contribution in [0.15, 0.2) is 48.5 Å². The first-order chi connectivity index (χ1) is 14.4. The van der Waals surface area contributed by atoms with E-state index in [1.54, 1.807) is 6.07 Å². The zero-order valence-electron chi connectivity index (χ0n) is 17.2. The van der Waals surface area contributed by atoms with Gasteiger partial charge in [0, 0.05) is 11.4 Å². The zero-order valence-corrected chi connectivity index (χ0v) is 17.2. The molecule has 7 heteroatoms. The van der Waals surface area contributed by atoms with Crippen LogP contribution in [0.2, 0.25) is 0 Å². The Morgan fingerprint density at radius 1 is 1.17 bits per heavy atom. The minimum atomic E-state index is -0.863. The number of aromatic nitrogens is 2. The molecule has 1 atom stereocenters. The number of anilines is 2. The smallest absolute Gasteiger partial charge is 0.266 e. The molecule has 2 heterocycles. The Kier molecular flexibility index (Phi) is 5.27. The molecule has 154 valence electrons. The first-order valence-electron chi connectivity index (χ1n) is 9.85. The highest BCUT2D eigenvalue weighted by atomic mass is 16.5. The average Bonchev–Trinajstić information content (AvgIpc) is 2.99. The monoisotopic (exact) mass is 404 g/mol. The van der Waals surface area contributed by atoms with E-state index in [0.29, 0.717) is 23.7 Å². The van der Waals surface area contributed by atoms with Crippen molar-refractivity contribution in [3.05, 3.63) is 71.0 Å². The highest BCUT2D eigenvalue weighted by Gasteiger charge is 2.29. The normalized spacial score (nSPS) is 15.2. The highest BCUT2D eigenvalue weighted by Crippen LogP contribution is 2.31. The van der Waals surface area contributed by atoms with E-state index >= 15 is 0 Å². The largest absolute Gasteiger partial charge is 0.478 e. The van der Waals surface area contributed by atoms with Gasteiger partial charge >= 0.3 is 0 Å². The van der Waals surface area contributed by atoms with E-state index in [1.807, 2.05) is 67.9 Å². The fourth-order valence-electron chi connectivity index (χ4n) is 3.53. The lowest BCUT2D eigenvalue weighted by atomic mass is 10.1. The van der Waals surface area contributed by atoms with Crippen molar-refractivity contribution in [1.29, 1.82) is 0 Å². The van der Waals surface area contributed by atoms with Crippen LogP contribution in [-0.2, 0) is 16.1 Å². The van der Waals surface area contributed by atoms with Gasteiger partial charge in [0.05, 0.1) is 24.3 Å². The van der Waals surface area contributed by atoms with Crippen molar-refractivity contribution in [3.8, 4) is 5.75 Å². The number of nitrogens with one attached hydrogen (secondary N) is 2. The molecule has 0 saturated carbocycles. The fraction of sp³-hybridized carbons (Fsp3) is 0.261. The summed E-state index contributed by atoms with van der Waals surface area (Å²) in [6, 6.07) is 15.2. The Labute approximate surface area is 175 Å². The van der Waals surface area contributed by atoms with E-state index in [4.69, 9.17) is 4.74 Å². The molecule has 0 radical (unpaired) electrons. The molecule has 0 saturated heterocycles. The Hall–Kier alpha value is -3.61. The van der Waals surface area contributed by atoms with E-state index in [0.717, 1.165) is 22.5 Å². The van der Waals surface area contributed by atoms with Crippen LogP contribution in [0, 0.1) is 20.8 Å². The Balaban J connectivity index is 1.40. The lowest BCUT2D eigenvalue weighted by molar-refractivity contribution is -0.128. The molecule has 1 unspecified atom stereocenters. The maximum atomic E-state index is 12.5. The SMILES string of the molecule is Cc1ccc2c(c1)NC(=O)C(CC(=O)Nc1cccc(Cn3nc(C)cc3C)c1)O2. The predicted octanol–water partition coefficient (Wildman–Crippen LogP) is 3.58. The lowest BCUT2D eigenvalue weighted by Gasteiger charge is -2.25. The number of rotatable bonds is 5. The number of benzene rings is 2. The summed E-state index contributed by atoms with van der Waals surface area (Å²) in [6.45, 7) is 6.53. The summed E-state index contributed by atoms with van der Waals surface area (Å²) in [5.74, 6) is -0.0274. The van der Waals surface area contributed by atoms with Crippen LogP contribution in [0.3, 0.4) is 0 Å². The summed E-state index contributed by atoms with van der Waals surface area (Å²) in [5.41, 5.74) is 5.40. The molecule has 0 bridgehead atoms. The predicted molar refractivity (Wildman–Crippen MR) is 115 cm³/mol. The van der Waals surface area contributed by atoms with Gasteiger partial charge in [0.2, 0.25) is 5.91 Å². The Bertz CT molecular complexity index is 1120. The molecule has 1 aromatic heterocycles. The number of aryl methyl sites for hydroxylation is 3. The van der Waals surface area contributed by atoms with Crippen molar-refractivity contribution in [3.63, 3.8) is 0 Å². The second kappa shape index (κ2) is 8.02. The van der Waals surface area contributed by atoms with Gasteiger partial charge < -0.3 is 15.4 Å². The van der Waals surface area contributed by atoms with Crippen LogP contribution in [0.4, 0.5) is 11.4 Å². The molecular weight excluding hydrogens is 380 g/mol. The molecule has 2 amide bonds. The first kappa shape index (κ1) is 19.7. The number of fused-ring (bicyclic) bond motifs is 1. The van der Waals surface area contributed by atoms with Gasteiger partial charge in [-0.15, -0.1) is 0 Å². The number of nitrogens with zero attached hydrogens (tertiary/aromatic N) is 2. The van der Waals surface area contributed by atoms with Crippen LogP contribution in [0.1, 0.15) is 28.9 Å². The van der Waals surface area contributed by atoms with Crippen LogP contribution < -0.4 is 15.4 Å². The quantitative estimate of drug-likeness (QED) is 0.681. The summed E-state index contributed by atoms with van der Waals surface area (Å²) in [5, 5.41) is 10.1. The van der Waals surface area contributed by atoms with Crippen molar-refractivity contribution in [1.82, 2.24) is 9.78 Å². The third-order valence-electron chi connectivity index (χ3n) is 4.97. The molecule has 4 rings (SSSR count). The lowest BCUT2D eigenvalue weighted by Crippen LogP contribution is -2.39. The number of hydrogen-bond donors (Lipinski definition) is 2. The number of hydrogen-bond acceptors (Lipinski definition) is 4. The fourth-order valence-corrected chi connectivity index (χ4v) is 3.53. The van der Waals surface area contributed by atoms with E-state index in [9.17, 15) is 9.59 Å². The minimum absolute atomic E-state index is 0.0686. The molecule has 7 nitrogen and oxygen atoms in total. The number of amides is 2. The van der Waals surface area contributed by atoms with Gasteiger partial charge in [-0.2, -0.15) is 5.10 Å². The van der Waals surface area contributed by atoms with Crippen molar-refractivity contribution in [2.45, 2.75) is 39.8 Å². The van der Waals surface area contributed by atoms with E-state index in [1.165, 1.54) is 0 Å². The van der Waals surface area contributed by atoms with Crippen molar-refractivity contribution in [2.24, 2.45) is 0 Å². The Morgan fingerprint density at radius 3 is 2.77 bits per heavy atom. The van der Waals surface area contributed by atoms with E-state index < -0.39 is 6.10 Å². The van der Waals surface area contributed by atoms with Gasteiger partial charge in [0.15, 0.2) is 6.10 Å². The second-order valence-electron chi connectivity index (χ2n) is 7.63. The van der Waals surface area contributed by atoms with Crippen LogP contribution in [0.25, 0.3) is 0 Å². The molecule has 0 fully saturated rings. The first-order valence-corrected chi connectivity index (χ1v) is 9.85. The van der Waals surface area contributed by atoms with Gasteiger partial charge in [0.1, 0.15) is 5.75 Å². The van der Waals surface area contributed by atoms with Crippen LogP contribution >= 0.6 is 0 Å². The van der Waals surface area contributed by atoms with Crippen LogP contribution in [0.5, 0.6) is 5.75 Å². The third-order valence-corrected chi connectivity index (χ3v) is 4.97. The topological polar surface area (TPSA) is 85.3 Å². The maximum Gasteiger partial charge on any atom is 0.266 e. The van der Waals surface area contributed by atoms with Crippen molar-refractivity contribution >= 4 is 23.2 Å². The molecule has 2 N–H and O–H groups in total. The molecule has 2 aromatic carbocycles. The molecular formula is C23H24N4O3. The van der Waals surface area contributed by atoms with Gasteiger partial charge in [0.25, 0.3) is 5.91 Å². The molecule has 1 aliphatic rings. The van der Waals surface area contributed by atoms with Gasteiger partial charge in [-0.3, -0.25) is 14.3 Å². The average molecular weight is 404 g/mol. The molecule has 30 heavy (non-hydrogen) atoms. The summed E-state index contributed by atoms with van der Waals surface area (Å²) in [7, 11) is 0. The number of carbonyl (C=O) groups is 2. The van der Waals surface area contributed by atoms with Gasteiger partial charge in [-0.25, -0.2) is 0 Å². The summed E-state index contributed by atoms with van der Waals surface area (Å²) >= 11 is 0. The summed E-state index contributed by atoms with van der Waals surface area (Å²) < 4.78 is 7.67. The maximum absolute atomic E-state index is 12.5. The molecule has 0 aliphatic carbocycles. The van der Waals surface area contributed by atoms with Gasteiger partial charge in [-0.05, 0) is 62.2 Å². The summed E-state index contributed by atoms with van der Waals surface area (Å²) in [4.78, 5) is 24.9. The summed E-state index contributed by atoms with van der Waals surface area (Å²) in [6.07, 6.45) is -0.931. The second-order valence-corrected chi connectivity index (χ2v) is 7.63. The third kappa shape index (κ3) is 4.35. The number of ether oxygens (including phenoxy) is 1. The Morgan fingerprint density at radius 2 is 2.00 bits per heavy atom. The molecule has 3 aromatic rings. The molecule has 0 spiro atoms. The highest BCUT2D eigenvalue weighted by molar-refractivity contribution is 6.02. The molecule has 1 aliphatic heterocycles. The zero-order chi connectivity index (χ0) is 21.3. The number of carbonyl (C=O) groups excluding carboxylic acids is 2. The van der Waals surface area contributed by atoms with Crippen molar-refractivity contribution in [2.75, 3.05) is 10.6 Å². The van der Waals surface area contributed by atoms with Gasteiger partial charge in [-0.1, -0.05) is 18.2 Å². The van der Waals surface area contributed by atoms with E-state index in [-0.39, 0.29) is 18.2 Å². The van der Waals surface area contributed by atoms with E-state index in [2.05, 4.69) is 15.7 Å². The van der Waals surface area contributed by atoms with Crippen molar-refractivity contribution < 1.29 is 14.3 Å².